The minimum absolute atomic E-state index is 0.0695. The molecule has 2 aromatic rings. The number of nitrogens with zero attached hydrogens (tertiary/aromatic N) is 1. The van der Waals surface area contributed by atoms with E-state index in [1.54, 1.807) is 18.2 Å². The topological polar surface area (TPSA) is 61.6 Å². The fraction of sp³-hybridized carbons (Fsp3) is 0.143. The molecule has 2 rings (SSSR count). The third-order valence-corrected chi connectivity index (χ3v) is 3.48. The zero-order valence-corrected chi connectivity index (χ0v) is 12.5. The fourth-order valence-electron chi connectivity index (χ4n) is 1.68. The number of ether oxygens (including phenoxy) is 2. The molecule has 0 aliphatic heterocycles. The Morgan fingerprint density at radius 1 is 1.10 bits per heavy atom. The summed E-state index contributed by atoms with van der Waals surface area (Å²) >= 11 is 11.8. The van der Waals surface area contributed by atoms with Crippen molar-refractivity contribution in [1.82, 2.24) is 0 Å². The van der Waals surface area contributed by atoms with Crippen molar-refractivity contribution in [3.8, 4) is 11.5 Å². The van der Waals surface area contributed by atoms with Crippen LogP contribution in [0.1, 0.15) is 5.56 Å². The van der Waals surface area contributed by atoms with Crippen LogP contribution in [0.5, 0.6) is 11.5 Å². The van der Waals surface area contributed by atoms with Crippen molar-refractivity contribution in [2.24, 2.45) is 0 Å². The molecule has 0 aliphatic carbocycles. The second-order valence-electron chi connectivity index (χ2n) is 4.13. The monoisotopic (exact) mass is 327 g/mol. The van der Waals surface area contributed by atoms with Gasteiger partial charge in [-0.15, -0.1) is 0 Å². The zero-order chi connectivity index (χ0) is 15.4. The predicted octanol–water partition coefficient (Wildman–Crippen LogP) is 4.49. The van der Waals surface area contributed by atoms with E-state index in [1.165, 1.54) is 25.3 Å². The molecule has 0 aliphatic rings. The molecule has 0 aromatic heterocycles. The number of methoxy groups -OCH3 is 1. The quantitative estimate of drug-likeness (QED) is 0.599. The number of hydrogen-bond acceptors (Lipinski definition) is 4. The zero-order valence-electron chi connectivity index (χ0n) is 11.0. The van der Waals surface area contributed by atoms with Crippen molar-refractivity contribution in [2.75, 3.05) is 7.11 Å². The number of benzene rings is 2. The number of rotatable bonds is 5. The summed E-state index contributed by atoms with van der Waals surface area (Å²) in [4.78, 5) is 10.3. The van der Waals surface area contributed by atoms with E-state index < -0.39 is 4.92 Å². The van der Waals surface area contributed by atoms with Crippen molar-refractivity contribution < 1.29 is 14.4 Å². The van der Waals surface area contributed by atoms with Crippen molar-refractivity contribution >= 4 is 28.9 Å². The van der Waals surface area contributed by atoms with E-state index in [4.69, 9.17) is 32.7 Å². The highest BCUT2D eigenvalue weighted by molar-refractivity contribution is 6.42. The lowest BCUT2D eigenvalue weighted by Crippen LogP contribution is -1.99. The Hall–Kier alpha value is -1.98. The van der Waals surface area contributed by atoms with E-state index in [9.17, 15) is 10.1 Å². The maximum absolute atomic E-state index is 10.8. The van der Waals surface area contributed by atoms with Crippen molar-refractivity contribution in [3.05, 3.63) is 62.1 Å². The van der Waals surface area contributed by atoms with Crippen LogP contribution in [0.15, 0.2) is 36.4 Å². The number of non-ortho nitro benzene ring substituents is 1. The second kappa shape index (κ2) is 6.65. The molecule has 0 radical (unpaired) electrons. The molecule has 0 spiro atoms. The van der Waals surface area contributed by atoms with Crippen LogP contribution in [0, 0.1) is 10.1 Å². The SMILES string of the molecule is COc1ccc([N+](=O)[O-])cc1OCc1ccc(Cl)c(Cl)c1. The smallest absolute Gasteiger partial charge is 0.273 e. The molecule has 0 atom stereocenters. The van der Waals surface area contributed by atoms with Crippen LogP contribution in [0.4, 0.5) is 5.69 Å². The highest BCUT2D eigenvalue weighted by Gasteiger charge is 2.12. The Kier molecular flexibility index (Phi) is 4.88. The first-order valence-electron chi connectivity index (χ1n) is 5.90. The Morgan fingerprint density at radius 3 is 2.48 bits per heavy atom. The third kappa shape index (κ3) is 3.77. The van der Waals surface area contributed by atoms with Gasteiger partial charge < -0.3 is 9.47 Å². The van der Waals surface area contributed by atoms with Crippen LogP contribution in [-0.4, -0.2) is 12.0 Å². The maximum Gasteiger partial charge on any atom is 0.273 e. The van der Waals surface area contributed by atoms with Gasteiger partial charge in [0.1, 0.15) is 6.61 Å². The summed E-state index contributed by atoms with van der Waals surface area (Å²) in [5.74, 6) is 0.707. The van der Waals surface area contributed by atoms with Crippen LogP contribution < -0.4 is 9.47 Å². The summed E-state index contributed by atoms with van der Waals surface area (Å²) in [6.45, 7) is 0.189. The minimum atomic E-state index is -0.495. The van der Waals surface area contributed by atoms with E-state index in [1.807, 2.05) is 0 Å². The van der Waals surface area contributed by atoms with Crippen LogP contribution >= 0.6 is 23.2 Å². The first-order chi connectivity index (χ1) is 10.0. The summed E-state index contributed by atoms with van der Waals surface area (Å²) in [5.41, 5.74) is 0.720. The van der Waals surface area contributed by atoms with Gasteiger partial charge in [-0.1, -0.05) is 29.3 Å². The standard InChI is InChI=1S/C14H11Cl2NO4/c1-20-13-5-3-10(17(18)19)7-14(13)21-8-9-2-4-11(15)12(16)6-9/h2-7H,8H2,1H3. The molecule has 0 N–H and O–H groups in total. The van der Waals surface area contributed by atoms with E-state index >= 15 is 0 Å². The van der Waals surface area contributed by atoms with Gasteiger partial charge in [-0.2, -0.15) is 0 Å². The molecule has 0 saturated heterocycles. The number of nitro benzene ring substituents is 1. The lowest BCUT2D eigenvalue weighted by Gasteiger charge is -2.10. The lowest BCUT2D eigenvalue weighted by atomic mass is 10.2. The molecule has 0 heterocycles. The molecule has 0 saturated carbocycles. The first kappa shape index (κ1) is 15.4. The first-order valence-corrected chi connectivity index (χ1v) is 6.66. The molecule has 21 heavy (non-hydrogen) atoms. The summed E-state index contributed by atoms with van der Waals surface area (Å²) in [6, 6.07) is 9.25. The lowest BCUT2D eigenvalue weighted by molar-refractivity contribution is -0.385. The minimum Gasteiger partial charge on any atom is -0.493 e. The van der Waals surface area contributed by atoms with Crippen molar-refractivity contribution in [2.45, 2.75) is 6.61 Å². The van der Waals surface area contributed by atoms with Gasteiger partial charge in [0.15, 0.2) is 11.5 Å². The van der Waals surface area contributed by atoms with E-state index in [0.29, 0.717) is 15.8 Å². The third-order valence-electron chi connectivity index (χ3n) is 2.74. The van der Waals surface area contributed by atoms with Gasteiger partial charge in [-0.3, -0.25) is 10.1 Å². The van der Waals surface area contributed by atoms with Gasteiger partial charge in [0.25, 0.3) is 5.69 Å². The van der Waals surface area contributed by atoms with Gasteiger partial charge in [0, 0.05) is 6.07 Å². The van der Waals surface area contributed by atoms with E-state index in [-0.39, 0.29) is 18.0 Å². The molecular formula is C14H11Cl2NO4. The highest BCUT2D eigenvalue weighted by Crippen LogP contribution is 2.32. The summed E-state index contributed by atoms with van der Waals surface area (Å²) < 4.78 is 10.7. The predicted molar refractivity (Wildman–Crippen MR) is 80.4 cm³/mol. The van der Waals surface area contributed by atoms with Gasteiger partial charge in [-0.25, -0.2) is 0 Å². The van der Waals surface area contributed by atoms with Crippen LogP contribution in [0.25, 0.3) is 0 Å². The second-order valence-corrected chi connectivity index (χ2v) is 4.94. The maximum atomic E-state index is 10.8. The summed E-state index contributed by atoms with van der Waals surface area (Å²) in [5, 5.41) is 11.7. The van der Waals surface area contributed by atoms with Gasteiger partial charge in [0.05, 0.1) is 28.1 Å². The Balaban J connectivity index is 2.19. The van der Waals surface area contributed by atoms with Gasteiger partial charge >= 0.3 is 0 Å². The highest BCUT2D eigenvalue weighted by atomic mass is 35.5. The summed E-state index contributed by atoms with van der Waals surface area (Å²) in [7, 11) is 1.47. The molecule has 5 nitrogen and oxygen atoms in total. The average molecular weight is 328 g/mol. The summed E-state index contributed by atoms with van der Waals surface area (Å²) in [6.07, 6.45) is 0. The van der Waals surface area contributed by atoms with Gasteiger partial charge in [-0.05, 0) is 23.8 Å². The molecular weight excluding hydrogens is 317 g/mol. The fourth-order valence-corrected chi connectivity index (χ4v) is 2.00. The molecule has 0 amide bonds. The van der Waals surface area contributed by atoms with E-state index in [2.05, 4.69) is 0 Å². The van der Waals surface area contributed by atoms with E-state index in [0.717, 1.165) is 5.56 Å². The van der Waals surface area contributed by atoms with Crippen LogP contribution in [0.2, 0.25) is 10.0 Å². The Labute approximate surface area is 131 Å². The van der Waals surface area contributed by atoms with Crippen LogP contribution in [0.3, 0.4) is 0 Å². The average Bonchev–Trinajstić information content (AvgIpc) is 2.48. The van der Waals surface area contributed by atoms with Gasteiger partial charge in [0.2, 0.25) is 0 Å². The molecule has 7 heteroatoms. The number of hydrogen-bond donors (Lipinski definition) is 0. The molecule has 110 valence electrons. The normalized spacial score (nSPS) is 10.2. The van der Waals surface area contributed by atoms with Crippen molar-refractivity contribution in [1.29, 1.82) is 0 Å². The number of halogens is 2. The Bertz CT molecular complexity index is 676. The molecule has 0 unspecified atom stereocenters. The Morgan fingerprint density at radius 2 is 1.86 bits per heavy atom. The number of nitro groups is 1. The molecule has 0 bridgehead atoms. The molecule has 2 aromatic carbocycles. The van der Waals surface area contributed by atoms with Crippen molar-refractivity contribution in [3.63, 3.8) is 0 Å². The largest absolute Gasteiger partial charge is 0.493 e. The molecule has 0 fully saturated rings. The van der Waals surface area contributed by atoms with Crippen LogP contribution in [-0.2, 0) is 6.61 Å².